The van der Waals surface area contributed by atoms with Gasteiger partial charge in [-0.3, -0.25) is 0 Å². The first-order valence-corrected chi connectivity index (χ1v) is 9.82. The number of aromatic nitrogens is 1. The molecule has 1 aliphatic rings. The smallest absolute Gasteiger partial charge is 0.0872 e. The van der Waals surface area contributed by atoms with Gasteiger partial charge in [0.25, 0.3) is 0 Å². The zero-order chi connectivity index (χ0) is 15.8. The van der Waals surface area contributed by atoms with Crippen molar-refractivity contribution in [1.29, 1.82) is 0 Å². The van der Waals surface area contributed by atoms with Gasteiger partial charge in [0.1, 0.15) is 0 Å². The molecule has 0 radical (unpaired) electrons. The monoisotopic (exact) mass is 344 g/mol. The van der Waals surface area contributed by atoms with Gasteiger partial charge in [0.05, 0.1) is 28.2 Å². The number of aliphatic hydroxyl groups excluding tert-OH is 1. The van der Waals surface area contributed by atoms with Gasteiger partial charge >= 0.3 is 0 Å². The molecule has 1 saturated carbocycles. The molecule has 3 aromatic heterocycles. The number of hydrogen-bond acceptors (Lipinski definition) is 5. The van der Waals surface area contributed by atoms with E-state index in [-0.39, 0.29) is 6.61 Å². The SMILES string of the molecule is CCc1sc2c(NCc3cccs3)cc(CO)nc2c1C1CC1. The summed E-state index contributed by atoms with van der Waals surface area (Å²) in [5, 5.41) is 15.3. The summed E-state index contributed by atoms with van der Waals surface area (Å²) in [4.78, 5) is 7.53. The number of nitrogens with one attached hydrogen (secondary N) is 1. The average molecular weight is 345 g/mol. The van der Waals surface area contributed by atoms with Crippen LogP contribution < -0.4 is 5.32 Å². The Hall–Kier alpha value is -1.43. The van der Waals surface area contributed by atoms with Crippen LogP contribution in [0.5, 0.6) is 0 Å². The molecule has 120 valence electrons. The molecule has 0 atom stereocenters. The maximum atomic E-state index is 9.60. The first kappa shape index (κ1) is 15.1. The fourth-order valence-corrected chi connectivity index (χ4v) is 4.95. The summed E-state index contributed by atoms with van der Waals surface area (Å²) in [6.07, 6.45) is 3.62. The summed E-state index contributed by atoms with van der Waals surface area (Å²) < 4.78 is 1.25. The van der Waals surface area contributed by atoms with Crippen LogP contribution in [0.25, 0.3) is 10.2 Å². The second-order valence-electron chi connectivity index (χ2n) is 6.00. The van der Waals surface area contributed by atoms with Crippen LogP contribution >= 0.6 is 22.7 Å². The van der Waals surface area contributed by atoms with Crippen LogP contribution in [0.2, 0.25) is 0 Å². The van der Waals surface area contributed by atoms with Crippen LogP contribution in [0.3, 0.4) is 0 Å². The molecule has 1 aliphatic carbocycles. The van der Waals surface area contributed by atoms with Gasteiger partial charge in [0.15, 0.2) is 0 Å². The van der Waals surface area contributed by atoms with Crippen LogP contribution in [0.1, 0.15) is 46.7 Å². The Morgan fingerprint density at radius 3 is 2.91 bits per heavy atom. The fraction of sp³-hybridized carbons (Fsp3) is 0.389. The maximum absolute atomic E-state index is 9.60. The molecule has 0 spiro atoms. The largest absolute Gasteiger partial charge is 0.390 e. The normalized spacial score (nSPS) is 14.5. The number of aryl methyl sites for hydroxylation is 1. The van der Waals surface area contributed by atoms with E-state index < -0.39 is 0 Å². The molecule has 3 aromatic rings. The Bertz CT molecular complexity index is 819. The summed E-state index contributed by atoms with van der Waals surface area (Å²) in [6, 6.07) is 6.22. The van der Waals surface area contributed by atoms with Gasteiger partial charge < -0.3 is 10.4 Å². The molecule has 0 saturated heterocycles. The van der Waals surface area contributed by atoms with Crippen molar-refractivity contribution in [1.82, 2.24) is 4.98 Å². The van der Waals surface area contributed by atoms with Gasteiger partial charge in [-0.15, -0.1) is 22.7 Å². The Morgan fingerprint density at radius 2 is 2.26 bits per heavy atom. The summed E-state index contributed by atoms with van der Waals surface area (Å²) in [6.45, 7) is 3.03. The summed E-state index contributed by atoms with van der Waals surface area (Å²) in [5.41, 5.74) is 4.43. The van der Waals surface area contributed by atoms with E-state index in [4.69, 9.17) is 4.98 Å². The summed E-state index contributed by atoms with van der Waals surface area (Å²) in [5.74, 6) is 0.685. The van der Waals surface area contributed by atoms with E-state index in [1.54, 1.807) is 11.3 Å². The van der Waals surface area contributed by atoms with Crippen LogP contribution in [-0.4, -0.2) is 10.1 Å². The Labute approximate surface area is 144 Å². The minimum Gasteiger partial charge on any atom is -0.390 e. The third-order valence-corrected chi connectivity index (χ3v) is 6.56. The molecule has 23 heavy (non-hydrogen) atoms. The molecule has 0 amide bonds. The van der Waals surface area contributed by atoms with Crippen molar-refractivity contribution >= 4 is 38.6 Å². The van der Waals surface area contributed by atoms with Crippen molar-refractivity contribution in [2.45, 2.75) is 45.3 Å². The highest BCUT2D eigenvalue weighted by atomic mass is 32.1. The van der Waals surface area contributed by atoms with Gasteiger partial charge in [-0.25, -0.2) is 4.98 Å². The van der Waals surface area contributed by atoms with Crippen LogP contribution in [0.15, 0.2) is 23.6 Å². The first-order chi connectivity index (χ1) is 11.3. The van der Waals surface area contributed by atoms with E-state index in [9.17, 15) is 5.11 Å². The zero-order valence-electron chi connectivity index (χ0n) is 13.1. The minimum absolute atomic E-state index is 0.00890. The van der Waals surface area contributed by atoms with Crippen molar-refractivity contribution in [2.75, 3.05) is 5.32 Å². The Kier molecular flexibility index (Phi) is 4.09. The molecule has 3 heterocycles. The summed E-state index contributed by atoms with van der Waals surface area (Å²) in [7, 11) is 0. The van der Waals surface area contributed by atoms with Crippen LogP contribution in [0, 0.1) is 0 Å². The molecule has 0 aliphatic heterocycles. The van der Waals surface area contributed by atoms with Crippen molar-refractivity contribution in [3.8, 4) is 0 Å². The quantitative estimate of drug-likeness (QED) is 0.668. The third-order valence-electron chi connectivity index (χ3n) is 4.31. The fourth-order valence-electron chi connectivity index (χ4n) is 3.05. The van der Waals surface area contributed by atoms with E-state index in [1.807, 2.05) is 17.4 Å². The Balaban J connectivity index is 1.78. The number of hydrogen-bond donors (Lipinski definition) is 2. The van der Waals surface area contributed by atoms with Gasteiger partial charge in [-0.05, 0) is 48.3 Å². The minimum atomic E-state index is -0.00890. The van der Waals surface area contributed by atoms with Crippen molar-refractivity contribution < 1.29 is 5.11 Å². The topological polar surface area (TPSA) is 45.1 Å². The van der Waals surface area contributed by atoms with E-state index >= 15 is 0 Å². The molecule has 0 aromatic carbocycles. The van der Waals surface area contributed by atoms with E-state index in [0.717, 1.165) is 29.9 Å². The number of thiophene rings is 2. The third kappa shape index (κ3) is 2.89. The lowest BCUT2D eigenvalue weighted by atomic mass is 10.1. The predicted molar refractivity (Wildman–Crippen MR) is 98.5 cm³/mol. The molecular weight excluding hydrogens is 324 g/mol. The standard InChI is InChI=1S/C18H20N2OS2/c1-2-15-16(11-5-6-11)17-18(23-15)14(8-12(10-21)20-17)19-9-13-4-3-7-22-13/h3-4,7-8,11,21H,2,5-6,9-10H2,1H3,(H,19,20). The van der Waals surface area contributed by atoms with Gasteiger partial charge in [-0.2, -0.15) is 0 Å². The average Bonchev–Trinajstić information content (AvgIpc) is 3.14. The highest BCUT2D eigenvalue weighted by Gasteiger charge is 2.30. The lowest BCUT2D eigenvalue weighted by Crippen LogP contribution is -2.00. The van der Waals surface area contributed by atoms with Gasteiger partial charge in [0.2, 0.25) is 0 Å². The van der Waals surface area contributed by atoms with Crippen molar-refractivity contribution in [2.24, 2.45) is 0 Å². The molecule has 0 unspecified atom stereocenters. The molecule has 3 nitrogen and oxygen atoms in total. The van der Waals surface area contributed by atoms with Crippen molar-refractivity contribution in [3.63, 3.8) is 0 Å². The van der Waals surface area contributed by atoms with Gasteiger partial charge in [-0.1, -0.05) is 13.0 Å². The number of rotatable bonds is 6. The number of anilines is 1. The lowest BCUT2D eigenvalue weighted by Gasteiger charge is -2.09. The maximum Gasteiger partial charge on any atom is 0.0872 e. The predicted octanol–water partition coefficient (Wildman–Crippen LogP) is 4.90. The van der Waals surface area contributed by atoms with E-state index in [1.165, 1.54) is 32.9 Å². The number of pyridine rings is 1. The van der Waals surface area contributed by atoms with E-state index in [0.29, 0.717) is 5.92 Å². The molecule has 1 fully saturated rings. The van der Waals surface area contributed by atoms with Crippen molar-refractivity contribution in [3.05, 3.63) is 44.6 Å². The molecular formula is C18H20N2OS2. The number of aliphatic hydroxyl groups is 1. The lowest BCUT2D eigenvalue weighted by molar-refractivity contribution is 0.277. The highest BCUT2D eigenvalue weighted by molar-refractivity contribution is 7.19. The highest BCUT2D eigenvalue weighted by Crippen LogP contribution is 2.49. The van der Waals surface area contributed by atoms with Crippen LogP contribution in [0.4, 0.5) is 5.69 Å². The Morgan fingerprint density at radius 1 is 1.39 bits per heavy atom. The molecule has 5 heteroatoms. The molecule has 2 N–H and O–H groups in total. The number of nitrogens with zero attached hydrogens (tertiary/aromatic N) is 1. The van der Waals surface area contributed by atoms with Gasteiger partial charge in [0, 0.05) is 16.3 Å². The number of fused-ring (bicyclic) bond motifs is 1. The summed E-state index contributed by atoms with van der Waals surface area (Å²) >= 11 is 3.63. The van der Waals surface area contributed by atoms with E-state index in [2.05, 4.69) is 29.8 Å². The molecule has 4 rings (SSSR count). The van der Waals surface area contributed by atoms with Crippen LogP contribution in [-0.2, 0) is 19.6 Å². The zero-order valence-corrected chi connectivity index (χ0v) is 14.8. The first-order valence-electron chi connectivity index (χ1n) is 8.12. The molecule has 0 bridgehead atoms. The second-order valence-corrected chi connectivity index (χ2v) is 8.13. The second kappa shape index (κ2) is 6.23.